The normalized spacial score (nSPS) is 12.7. The van der Waals surface area contributed by atoms with Crippen molar-refractivity contribution < 1.29 is 9.59 Å². The number of hydrogen-bond acceptors (Lipinski definition) is 5. The van der Waals surface area contributed by atoms with Crippen LogP contribution in [0.2, 0.25) is 0 Å². The Morgan fingerprint density at radius 1 is 1.10 bits per heavy atom. The number of rotatable bonds is 5. The van der Waals surface area contributed by atoms with Gasteiger partial charge in [-0.05, 0) is 48.2 Å². The van der Waals surface area contributed by atoms with Crippen molar-refractivity contribution in [2.24, 2.45) is 0 Å². The molecule has 0 saturated heterocycles. The highest BCUT2D eigenvalue weighted by atomic mass is 32.2. The first-order chi connectivity index (χ1) is 14.2. The van der Waals surface area contributed by atoms with Gasteiger partial charge in [0, 0.05) is 22.5 Å². The van der Waals surface area contributed by atoms with Gasteiger partial charge in [-0.1, -0.05) is 36.0 Å². The van der Waals surface area contributed by atoms with Gasteiger partial charge in [-0.2, -0.15) is 0 Å². The van der Waals surface area contributed by atoms with Crippen molar-refractivity contribution in [2.75, 3.05) is 17.7 Å². The highest BCUT2D eigenvalue weighted by Crippen LogP contribution is 2.39. The molecule has 4 rings (SSSR count). The zero-order valence-corrected chi connectivity index (χ0v) is 17.4. The molecule has 0 saturated carbocycles. The molecule has 1 aliphatic rings. The Labute approximate surface area is 177 Å². The van der Waals surface area contributed by atoms with Crippen LogP contribution in [0.4, 0.5) is 5.69 Å². The second-order valence-electron chi connectivity index (χ2n) is 6.44. The van der Waals surface area contributed by atoms with Gasteiger partial charge in [0.05, 0.1) is 11.3 Å². The molecule has 7 heteroatoms. The van der Waals surface area contributed by atoms with E-state index in [-0.39, 0.29) is 18.4 Å². The number of anilines is 1. The second-order valence-corrected chi connectivity index (χ2v) is 8.35. The summed E-state index contributed by atoms with van der Waals surface area (Å²) in [6.07, 6.45) is 3.70. The average Bonchev–Trinajstić information content (AvgIpc) is 2.87. The molecule has 0 aliphatic carbocycles. The van der Waals surface area contributed by atoms with Gasteiger partial charge in [-0.3, -0.25) is 14.5 Å². The van der Waals surface area contributed by atoms with Crippen LogP contribution < -0.4 is 10.2 Å². The van der Waals surface area contributed by atoms with Gasteiger partial charge in [0.2, 0.25) is 5.91 Å². The molecule has 3 aromatic rings. The van der Waals surface area contributed by atoms with Gasteiger partial charge in [0.25, 0.3) is 5.91 Å². The SMILES string of the molecule is CSc1ccc(CNC(=O)CN2C(=O)c3cccnc3Sc3ccccc32)cc1. The van der Waals surface area contributed by atoms with Crippen LogP contribution in [0.25, 0.3) is 0 Å². The van der Waals surface area contributed by atoms with E-state index in [9.17, 15) is 9.59 Å². The topological polar surface area (TPSA) is 62.3 Å². The van der Waals surface area contributed by atoms with Gasteiger partial charge in [0.1, 0.15) is 11.6 Å². The minimum Gasteiger partial charge on any atom is -0.350 e. The summed E-state index contributed by atoms with van der Waals surface area (Å²) in [7, 11) is 0. The van der Waals surface area contributed by atoms with Crippen molar-refractivity contribution in [1.29, 1.82) is 0 Å². The molecule has 1 N–H and O–H groups in total. The maximum Gasteiger partial charge on any atom is 0.261 e. The van der Waals surface area contributed by atoms with Crippen LogP contribution in [0.1, 0.15) is 15.9 Å². The Balaban J connectivity index is 1.53. The number of carbonyl (C=O) groups excluding carboxylic acids is 2. The molecule has 5 nitrogen and oxygen atoms in total. The molecular weight excluding hydrogens is 402 g/mol. The first kappa shape index (κ1) is 19.5. The first-order valence-corrected chi connectivity index (χ1v) is 11.1. The standard InChI is InChI=1S/C22H19N3O2S2/c1-28-16-10-8-15(9-11-16)13-24-20(26)14-25-18-6-2-3-7-19(18)29-21-17(22(25)27)5-4-12-23-21/h2-12H,13-14H2,1H3,(H,24,26). The van der Waals surface area contributed by atoms with Gasteiger partial charge < -0.3 is 5.32 Å². The molecule has 29 heavy (non-hydrogen) atoms. The number of nitrogens with one attached hydrogen (secondary N) is 1. The molecule has 0 atom stereocenters. The van der Waals surface area contributed by atoms with Crippen molar-refractivity contribution in [3.8, 4) is 0 Å². The molecular formula is C22H19N3O2S2. The smallest absolute Gasteiger partial charge is 0.261 e. The van der Waals surface area contributed by atoms with Crippen molar-refractivity contribution >= 4 is 41.0 Å². The van der Waals surface area contributed by atoms with E-state index >= 15 is 0 Å². The summed E-state index contributed by atoms with van der Waals surface area (Å²) in [6, 6.07) is 19.1. The summed E-state index contributed by atoms with van der Waals surface area (Å²) in [6.45, 7) is 0.373. The fourth-order valence-electron chi connectivity index (χ4n) is 3.06. The summed E-state index contributed by atoms with van der Waals surface area (Å²) in [5.74, 6) is -0.426. The third-order valence-corrected chi connectivity index (χ3v) is 6.39. The van der Waals surface area contributed by atoms with E-state index in [0.717, 1.165) is 16.1 Å². The van der Waals surface area contributed by atoms with Crippen molar-refractivity contribution in [1.82, 2.24) is 10.3 Å². The second kappa shape index (κ2) is 8.71. The zero-order chi connectivity index (χ0) is 20.2. The Kier molecular flexibility index (Phi) is 5.87. The van der Waals surface area contributed by atoms with Gasteiger partial charge >= 0.3 is 0 Å². The minimum absolute atomic E-state index is 0.0480. The molecule has 1 aliphatic heterocycles. The predicted molar refractivity (Wildman–Crippen MR) is 117 cm³/mol. The number of aromatic nitrogens is 1. The summed E-state index contributed by atoms with van der Waals surface area (Å²) in [4.78, 5) is 33.8. The third kappa shape index (κ3) is 4.31. The van der Waals surface area contributed by atoms with Crippen LogP contribution in [-0.2, 0) is 11.3 Å². The van der Waals surface area contributed by atoms with Gasteiger partial charge in [-0.25, -0.2) is 4.98 Å². The number of pyridine rings is 1. The van der Waals surface area contributed by atoms with Crippen LogP contribution in [0.5, 0.6) is 0 Å². The molecule has 0 radical (unpaired) electrons. The van der Waals surface area contributed by atoms with E-state index in [1.807, 2.05) is 54.8 Å². The zero-order valence-electron chi connectivity index (χ0n) is 15.8. The Hall–Kier alpha value is -2.77. The van der Waals surface area contributed by atoms with Crippen LogP contribution in [0, 0.1) is 0 Å². The molecule has 2 aromatic carbocycles. The van der Waals surface area contributed by atoms with E-state index < -0.39 is 0 Å². The van der Waals surface area contributed by atoms with Gasteiger partial charge in [-0.15, -0.1) is 11.8 Å². The summed E-state index contributed by atoms with van der Waals surface area (Å²) < 4.78 is 0. The highest BCUT2D eigenvalue weighted by Gasteiger charge is 2.29. The number of carbonyl (C=O) groups is 2. The van der Waals surface area contributed by atoms with Crippen LogP contribution in [-0.4, -0.2) is 29.6 Å². The number of para-hydroxylation sites is 1. The number of thioether (sulfide) groups is 1. The number of amides is 2. The molecule has 1 aromatic heterocycles. The van der Waals surface area contributed by atoms with Crippen LogP contribution in [0.15, 0.2) is 81.7 Å². The fourth-order valence-corrected chi connectivity index (χ4v) is 4.49. The number of nitrogens with zero attached hydrogens (tertiary/aromatic N) is 2. The number of hydrogen-bond donors (Lipinski definition) is 1. The number of fused-ring (bicyclic) bond motifs is 2. The van der Waals surface area contributed by atoms with E-state index in [1.54, 1.807) is 30.1 Å². The molecule has 0 bridgehead atoms. The van der Waals surface area contributed by atoms with Crippen LogP contribution in [0.3, 0.4) is 0 Å². The lowest BCUT2D eigenvalue weighted by atomic mass is 10.2. The number of benzene rings is 2. The Morgan fingerprint density at radius 3 is 2.69 bits per heavy atom. The van der Waals surface area contributed by atoms with Crippen LogP contribution >= 0.6 is 23.5 Å². The summed E-state index contributed by atoms with van der Waals surface area (Å²) in [5, 5.41) is 3.57. The highest BCUT2D eigenvalue weighted by molar-refractivity contribution is 7.99. The monoisotopic (exact) mass is 421 g/mol. The maximum absolute atomic E-state index is 13.2. The molecule has 146 valence electrons. The summed E-state index contributed by atoms with van der Waals surface area (Å²) in [5.41, 5.74) is 2.25. The fraction of sp³-hybridized carbons (Fsp3) is 0.136. The average molecular weight is 422 g/mol. The maximum atomic E-state index is 13.2. The van der Waals surface area contributed by atoms with Crippen molar-refractivity contribution in [3.05, 3.63) is 78.0 Å². The predicted octanol–water partition coefficient (Wildman–Crippen LogP) is 4.23. The molecule has 0 unspecified atom stereocenters. The lowest BCUT2D eigenvalue weighted by molar-refractivity contribution is -0.119. The van der Waals surface area contributed by atoms with E-state index in [2.05, 4.69) is 10.3 Å². The van der Waals surface area contributed by atoms with E-state index in [1.165, 1.54) is 21.6 Å². The molecule has 2 amide bonds. The Bertz CT molecular complexity index is 1050. The largest absolute Gasteiger partial charge is 0.350 e. The molecule has 2 heterocycles. The van der Waals surface area contributed by atoms with Gasteiger partial charge in [0.15, 0.2) is 0 Å². The third-order valence-electron chi connectivity index (χ3n) is 4.56. The van der Waals surface area contributed by atoms with Crippen molar-refractivity contribution in [3.63, 3.8) is 0 Å². The van der Waals surface area contributed by atoms with Crippen molar-refractivity contribution in [2.45, 2.75) is 21.4 Å². The lowest BCUT2D eigenvalue weighted by Gasteiger charge is -2.22. The van der Waals surface area contributed by atoms with E-state index in [4.69, 9.17) is 0 Å². The molecule has 0 fully saturated rings. The van der Waals surface area contributed by atoms with E-state index in [0.29, 0.717) is 17.1 Å². The summed E-state index contributed by atoms with van der Waals surface area (Å²) >= 11 is 3.12. The lowest BCUT2D eigenvalue weighted by Crippen LogP contribution is -2.40. The molecule has 0 spiro atoms. The Morgan fingerprint density at radius 2 is 1.90 bits per heavy atom. The first-order valence-electron chi connectivity index (χ1n) is 9.09. The quantitative estimate of drug-likeness (QED) is 0.625. The minimum atomic E-state index is -0.218.